The van der Waals surface area contributed by atoms with Crippen LogP contribution < -0.4 is 10.1 Å². The molecule has 0 saturated heterocycles. The molecule has 0 aliphatic heterocycles. The van der Waals surface area contributed by atoms with E-state index < -0.39 is 10.7 Å². The lowest BCUT2D eigenvalue weighted by Crippen LogP contribution is -2.06. The van der Waals surface area contributed by atoms with Crippen LogP contribution in [0.1, 0.15) is 6.92 Å². The molecule has 2 aromatic rings. The van der Waals surface area contributed by atoms with Crippen molar-refractivity contribution in [1.29, 1.82) is 0 Å². The van der Waals surface area contributed by atoms with Crippen LogP contribution in [0.15, 0.2) is 36.4 Å². The van der Waals surface area contributed by atoms with Crippen LogP contribution in [0.2, 0.25) is 0 Å². The number of carbonyl (C=O) groups is 1. The Hall–Kier alpha value is -2.96. The topological polar surface area (TPSA) is 81.5 Å². The second-order valence-corrected chi connectivity index (χ2v) is 4.55. The van der Waals surface area contributed by atoms with E-state index in [1.54, 1.807) is 6.07 Å². The molecular formula is C15H13FN2O4. The molecule has 114 valence electrons. The van der Waals surface area contributed by atoms with Gasteiger partial charge in [0, 0.05) is 36.4 Å². The molecule has 0 heterocycles. The smallest absolute Gasteiger partial charge is 0.272 e. The summed E-state index contributed by atoms with van der Waals surface area (Å²) in [5.74, 6) is -0.607. The summed E-state index contributed by atoms with van der Waals surface area (Å²) in [6.45, 7) is 1.28. The minimum Gasteiger partial charge on any atom is -0.497 e. The molecule has 22 heavy (non-hydrogen) atoms. The normalized spacial score (nSPS) is 10.1. The molecule has 7 heteroatoms. The lowest BCUT2D eigenvalue weighted by Gasteiger charge is -2.09. The molecular weight excluding hydrogens is 291 g/mol. The van der Waals surface area contributed by atoms with E-state index in [4.69, 9.17) is 4.74 Å². The Morgan fingerprint density at radius 2 is 2.00 bits per heavy atom. The van der Waals surface area contributed by atoms with E-state index in [-0.39, 0.29) is 28.4 Å². The lowest BCUT2D eigenvalue weighted by molar-refractivity contribution is -0.384. The second-order valence-electron chi connectivity index (χ2n) is 4.55. The molecule has 1 N–H and O–H groups in total. The van der Waals surface area contributed by atoms with E-state index in [1.807, 2.05) is 0 Å². The number of halogens is 1. The number of nitro groups is 1. The molecule has 2 aromatic carbocycles. The zero-order valence-electron chi connectivity index (χ0n) is 11.9. The predicted octanol–water partition coefficient (Wildman–Crippen LogP) is 3.37. The Bertz CT molecular complexity index is 746. The minimum atomic E-state index is -0.601. The van der Waals surface area contributed by atoms with Crippen LogP contribution in [0, 0.1) is 15.9 Å². The van der Waals surface area contributed by atoms with Crippen LogP contribution in [-0.2, 0) is 4.79 Å². The quantitative estimate of drug-likeness (QED) is 0.693. The summed E-state index contributed by atoms with van der Waals surface area (Å²) in [5.41, 5.74) is 0.456. The molecule has 0 aromatic heterocycles. The van der Waals surface area contributed by atoms with Crippen molar-refractivity contribution < 1.29 is 18.8 Å². The van der Waals surface area contributed by atoms with Gasteiger partial charge in [0.1, 0.15) is 11.6 Å². The number of rotatable bonds is 4. The van der Waals surface area contributed by atoms with E-state index in [9.17, 15) is 19.3 Å². The first kappa shape index (κ1) is 15.4. The molecule has 0 saturated carbocycles. The van der Waals surface area contributed by atoms with Crippen molar-refractivity contribution in [3.8, 4) is 16.9 Å². The van der Waals surface area contributed by atoms with Crippen LogP contribution >= 0.6 is 0 Å². The summed E-state index contributed by atoms with van der Waals surface area (Å²) in [6.07, 6.45) is 0. The molecule has 0 unspecified atom stereocenters. The van der Waals surface area contributed by atoms with Crippen LogP contribution in [0.5, 0.6) is 5.75 Å². The van der Waals surface area contributed by atoms with Crippen LogP contribution in [0.25, 0.3) is 11.1 Å². The Labute approximate surface area is 125 Å². The fourth-order valence-electron chi connectivity index (χ4n) is 2.00. The van der Waals surface area contributed by atoms with Crippen LogP contribution in [0.4, 0.5) is 15.8 Å². The van der Waals surface area contributed by atoms with Gasteiger partial charge in [-0.1, -0.05) is 0 Å². The Morgan fingerprint density at radius 3 is 2.55 bits per heavy atom. The molecule has 2 rings (SSSR count). The molecule has 0 spiro atoms. The molecule has 0 atom stereocenters. The lowest BCUT2D eigenvalue weighted by atomic mass is 10.0. The number of hydrogen-bond acceptors (Lipinski definition) is 4. The molecule has 0 fully saturated rings. The third kappa shape index (κ3) is 3.38. The fraction of sp³-hybridized carbons (Fsp3) is 0.133. The van der Waals surface area contributed by atoms with Gasteiger partial charge in [0.15, 0.2) is 0 Å². The van der Waals surface area contributed by atoms with Crippen LogP contribution in [0.3, 0.4) is 0 Å². The van der Waals surface area contributed by atoms with Gasteiger partial charge < -0.3 is 10.1 Å². The van der Waals surface area contributed by atoms with E-state index in [0.717, 1.165) is 0 Å². The number of nitrogens with zero attached hydrogens (tertiary/aromatic N) is 1. The summed E-state index contributed by atoms with van der Waals surface area (Å²) >= 11 is 0. The average molecular weight is 304 g/mol. The highest BCUT2D eigenvalue weighted by atomic mass is 19.1. The Kier molecular flexibility index (Phi) is 4.36. The summed E-state index contributed by atoms with van der Waals surface area (Å²) in [6, 6.07) is 8.13. The van der Waals surface area contributed by atoms with E-state index in [0.29, 0.717) is 5.75 Å². The van der Waals surface area contributed by atoms with E-state index >= 15 is 0 Å². The van der Waals surface area contributed by atoms with Gasteiger partial charge in [0.25, 0.3) is 5.69 Å². The van der Waals surface area contributed by atoms with Crippen molar-refractivity contribution in [2.45, 2.75) is 6.92 Å². The van der Waals surface area contributed by atoms with Gasteiger partial charge in [0.05, 0.1) is 12.0 Å². The maximum atomic E-state index is 14.1. The SMILES string of the molecule is COc1ccc(-c2cc(NC(C)=O)cc([N+](=O)[O-])c2)c(F)c1. The first-order chi connectivity index (χ1) is 10.4. The highest BCUT2D eigenvalue weighted by Gasteiger charge is 2.14. The van der Waals surface area contributed by atoms with Gasteiger partial charge >= 0.3 is 0 Å². The first-order valence-electron chi connectivity index (χ1n) is 6.31. The first-order valence-corrected chi connectivity index (χ1v) is 6.31. The van der Waals surface area contributed by atoms with Crippen molar-refractivity contribution in [2.24, 2.45) is 0 Å². The van der Waals surface area contributed by atoms with Gasteiger partial charge in [-0.2, -0.15) is 0 Å². The van der Waals surface area contributed by atoms with E-state index in [2.05, 4.69) is 5.32 Å². The molecule has 0 aliphatic rings. The number of nitrogens with one attached hydrogen (secondary N) is 1. The number of nitro benzene ring substituents is 1. The summed E-state index contributed by atoms with van der Waals surface area (Å²) in [5, 5.41) is 13.4. The number of non-ortho nitro benzene ring substituents is 1. The summed E-state index contributed by atoms with van der Waals surface area (Å²) in [4.78, 5) is 21.5. The van der Waals surface area contributed by atoms with Crippen molar-refractivity contribution in [3.63, 3.8) is 0 Å². The zero-order chi connectivity index (χ0) is 16.3. The number of carbonyl (C=O) groups excluding carboxylic acids is 1. The van der Waals surface area contributed by atoms with E-state index in [1.165, 1.54) is 44.4 Å². The number of amides is 1. The van der Waals surface area contributed by atoms with Gasteiger partial charge in [0.2, 0.25) is 5.91 Å². The van der Waals surface area contributed by atoms with Crippen molar-refractivity contribution in [2.75, 3.05) is 12.4 Å². The minimum absolute atomic E-state index is 0.177. The fourth-order valence-corrected chi connectivity index (χ4v) is 2.00. The highest BCUT2D eigenvalue weighted by molar-refractivity contribution is 5.90. The number of ether oxygens (including phenoxy) is 1. The molecule has 0 bridgehead atoms. The van der Waals surface area contributed by atoms with Gasteiger partial charge in [-0.3, -0.25) is 14.9 Å². The van der Waals surface area contributed by atoms with Crippen LogP contribution in [-0.4, -0.2) is 17.9 Å². The Morgan fingerprint density at radius 1 is 1.27 bits per heavy atom. The van der Waals surface area contributed by atoms with Crippen molar-refractivity contribution >= 4 is 17.3 Å². The zero-order valence-corrected chi connectivity index (χ0v) is 11.9. The van der Waals surface area contributed by atoms with Gasteiger partial charge in [-0.05, 0) is 23.8 Å². The predicted molar refractivity (Wildman–Crippen MR) is 79.3 cm³/mol. The standard InChI is InChI=1S/C15H13FN2O4/c1-9(19)17-11-5-10(6-12(7-11)18(20)21)14-4-3-13(22-2)8-15(14)16/h3-8H,1-2H3,(H,17,19). The van der Waals surface area contributed by atoms with Gasteiger partial charge in [-0.15, -0.1) is 0 Å². The highest BCUT2D eigenvalue weighted by Crippen LogP contribution is 2.31. The molecule has 0 radical (unpaired) electrons. The second kappa shape index (κ2) is 6.21. The summed E-state index contributed by atoms with van der Waals surface area (Å²) in [7, 11) is 1.41. The maximum absolute atomic E-state index is 14.1. The number of anilines is 1. The molecule has 0 aliphatic carbocycles. The number of hydrogen-bond donors (Lipinski definition) is 1. The largest absolute Gasteiger partial charge is 0.497 e. The summed E-state index contributed by atoms with van der Waals surface area (Å²) < 4.78 is 19.0. The number of benzene rings is 2. The average Bonchev–Trinajstić information content (AvgIpc) is 2.45. The van der Waals surface area contributed by atoms with Crippen molar-refractivity contribution in [3.05, 3.63) is 52.3 Å². The maximum Gasteiger partial charge on any atom is 0.272 e. The number of methoxy groups -OCH3 is 1. The molecule has 1 amide bonds. The third-order valence-corrected chi connectivity index (χ3v) is 2.94. The third-order valence-electron chi connectivity index (χ3n) is 2.94. The van der Waals surface area contributed by atoms with Crippen molar-refractivity contribution in [1.82, 2.24) is 0 Å². The molecule has 6 nitrogen and oxygen atoms in total. The monoisotopic (exact) mass is 304 g/mol. The van der Waals surface area contributed by atoms with Gasteiger partial charge in [-0.25, -0.2) is 4.39 Å². The Balaban J connectivity index is 2.56.